The number of benzene rings is 2. The first-order valence-electron chi connectivity index (χ1n) is 6.16. The zero-order chi connectivity index (χ0) is 13.2. The number of rotatable bonds is 3. The lowest BCUT2D eigenvalue weighted by molar-refractivity contribution is 0.354. The highest BCUT2D eigenvalue weighted by molar-refractivity contribution is 9.10. The molecule has 0 amide bonds. The quantitative estimate of drug-likeness (QED) is 0.879. The molecule has 3 rings (SSSR count). The minimum Gasteiger partial charge on any atom is -0.493 e. The summed E-state index contributed by atoms with van der Waals surface area (Å²) in [4.78, 5) is 0. The third-order valence-corrected chi connectivity index (χ3v) is 4.08. The van der Waals surface area contributed by atoms with Gasteiger partial charge in [-0.2, -0.15) is 0 Å². The maximum absolute atomic E-state index is 6.15. The van der Waals surface area contributed by atoms with E-state index >= 15 is 0 Å². The van der Waals surface area contributed by atoms with E-state index in [4.69, 9.17) is 16.3 Å². The lowest BCUT2D eigenvalue weighted by atomic mass is 10.1. The van der Waals surface area contributed by atoms with Crippen molar-refractivity contribution in [3.8, 4) is 5.75 Å². The van der Waals surface area contributed by atoms with E-state index in [-0.39, 0.29) is 0 Å². The summed E-state index contributed by atoms with van der Waals surface area (Å²) in [5, 5.41) is 4.17. The molecule has 19 heavy (non-hydrogen) atoms. The highest BCUT2D eigenvalue weighted by Crippen LogP contribution is 2.33. The van der Waals surface area contributed by atoms with Crippen molar-refractivity contribution < 1.29 is 4.74 Å². The Morgan fingerprint density at radius 1 is 1.26 bits per heavy atom. The molecule has 1 aliphatic rings. The average Bonchev–Trinajstić information content (AvgIpc) is 2.85. The Hall–Kier alpha value is -1.19. The van der Waals surface area contributed by atoms with Gasteiger partial charge in [-0.25, -0.2) is 0 Å². The van der Waals surface area contributed by atoms with Crippen LogP contribution in [-0.4, -0.2) is 6.61 Å². The molecule has 0 radical (unpaired) electrons. The molecule has 0 unspecified atom stereocenters. The van der Waals surface area contributed by atoms with Crippen LogP contribution in [0.5, 0.6) is 5.75 Å². The third kappa shape index (κ3) is 2.72. The second-order valence-corrected chi connectivity index (χ2v) is 5.78. The van der Waals surface area contributed by atoms with Gasteiger partial charge < -0.3 is 10.1 Å². The molecular formula is C15H13BrClNO. The van der Waals surface area contributed by atoms with Crippen LogP contribution in [0.25, 0.3) is 0 Å². The lowest BCUT2D eigenvalue weighted by Gasteiger charge is -2.12. The molecule has 1 heterocycles. The molecule has 1 aliphatic heterocycles. The largest absolute Gasteiger partial charge is 0.493 e. The van der Waals surface area contributed by atoms with Gasteiger partial charge in [0.2, 0.25) is 0 Å². The van der Waals surface area contributed by atoms with Crippen LogP contribution >= 0.6 is 27.5 Å². The Kier molecular flexibility index (Phi) is 3.67. The molecule has 0 bridgehead atoms. The Labute approximate surface area is 125 Å². The predicted molar refractivity (Wildman–Crippen MR) is 82.1 cm³/mol. The van der Waals surface area contributed by atoms with Gasteiger partial charge in [-0.15, -0.1) is 0 Å². The van der Waals surface area contributed by atoms with Crippen LogP contribution < -0.4 is 10.1 Å². The molecule has 0 spiro atoms. The first-order chi connectivity index (χ1) is 9.24. The Bertz CT molecular complexity index is 615. The monoisotopic (exact) mass is 337 g/mol. The maximum atomic E-state index is 6.15. The zero-order valence-electron chi connectivity index (χ0n) is 10.2. The second kappa shape index (κ2) is 5.43. The van der Waals surface area contributed by atoms with E-state index in [1.54, 1.807) is 0 Å². The number of halogens is 2. The first-order valence-corrected chi connectivity index (χ1v) is 7.33. The molecule has 0 saturated carbocycles. The maximum Gasteiger partial charge on any atom is 0.127 e. The van der Waals surface area contributed by atoms with Gasteiger partial charge in [0.15, 0.2) is 0 Å². The van der Waals surface area contributed by atoms with E-state index in [0.29, 0.717) is 6.54 Å². The van der Waals surface area contributed by atoms with E-state index in [2.05, 4.69) is 21.2 Å². The van der Waals surface area contributed by atoms with Gasteiger partial charge in [-0.1, -0.05) is 23.7 Å². The molecule has 2 aromatic rings. The first kappa shape index (κ1) is 12.8. The van der Waals surface area contributed by atoms with Crippen LogP contribution in [-0.2, 0) is 13.0 Å². The fraction of sp³-hybridized carbons (Fsp3) is 0.200. The van der Waals surface area contributed by atoms with Gasteiger partial charge in [0.1, 0.15) is 5.75 Å². The molecule has 0 fully saturated rings. The standard InChI is InChI=1S/C15H13BrClNO/c16-13-3-1-2-4-14(13)18-9-11-8-12(17)7-10-5-6-19-15(10)11/h1-4,7-8,18H,5-6,9H2. The number of nitrogens with one attached hydrogen (secondary N) is 1. The van der Waals surface area contributed by atoms with Crippen LogP contribution in [0, 0.1) is 0 Å². The molecule has 2 aromatic carbocycles. The topological polar surface area (TPSA) is 21.3 Å². The summed E-state index contributed by atoms with van der Waals surface area (Å²) in [6.07, 6.45) is 0.942. The second-order valence-electron chi connectivity index (χ2n) is 4.49. The molecule has 0 atom stereocenters. The smallest absolute Gasteiger partial charge is 0.127 e. The summed E-state index contributed by atoms with van der Waals surface area (Å²) in [6.45, 7) is 1.45. The SMILES string of the molecule is Clc1cc2c(c(CNc3ccccc3Br)c1)OCC2. The van der Waals surface area contributed by atoms with E-state index < -0.39 is 0 Å². The van der Waals surface area contributed by atoms with Crippen molar-refractivity contribution in [2.75, 3.05) is 11.9 Å². The third-order valence-electron chi connectivity index (χ3n) is 3.17. The normalized spacial score (nSPS) is 12.9. The molecule has 0 saturated heterocycles. The van der Waals surface area contributed by atoms with Crippen molar-refractivity contribution in [3.63, 3.8) is 0 Å². The summed E-state index contributed by atoms with van der Waals surface area (Å²) in [7, 11) is 0. The number of fused-ring (bicyclic) bond motifs is 1. The van der Waals surface area contributed by atoms with Crippen molar-refractivity contribution >= 4 is 33.2 Å². The van der Waals surface area contributed by atoms with Gasteiger partial charge in [0, 0.05) is 33.7 Å². The fourth-order valence-electron chi connectivity index (χ4n) is 2.27. The Morgan fingerprint density at radius 2 is 2.11 bits per heavy atom. The number of anilines is 1. The predicted octanol–water partition coefficient (Wildman–Crippen LogP) is 4.65. The number of hydrogen-bond donors (Lipinski definition) is 1. The minimum atomic E-state index is 0.700. The summed E-state index contributed by atoms with van der Waals surface area (Å²) < 4.78 is 6.74. The van der Waals surface area contributed by atoms with E-state index in [9.17, 15) is 0 Å². The van der Waals surface area contributed by atoms with Crippen LogP contribution in [0.1, 0.15) is 11.1 Å². The molecule has 98 valence electrons. The highest BCUT2D eigenvalue weighted by Gasteiger charge is 2.17. The molecule has 1 N–H and O–H groups in total. The zero-order valence-corrected chi connectivity index (χ0v) is 12.6. The van der Waals surface area contributed by atoms with E-state index in [0.717, 1.165) is 39.5 Å². The van der Waals surface area contributed by atoms with Crippen LogP contribution in [0.4, 0.5) is 5.69 Å². The summed E-state index contributed by atoms with van der Waals surface area (Å²) in [6, 6.07) is 12.0. The van der Waals surface area contributed by atoms with Gasteiger partial charge in [0.25, 0.3) is 0 Å². The number of hydrogen-bond acceptors (Lipinski definition) is 2. The van der Waals surface area contributed by atoms with Crippen LogP contribution in [0.15, 0.2) is 40.9 Å². The molecule has 0 aliphatic carbocycles. The van der Waals surface area contributed by atoms with Crippen LogP contribution in [0.2, 0.25) is 5.02 Å². The van der Waals surface area contributed by atoms with Gasteiger partial charge >= 0.3 is 0 Å². The summed E-state index contributed by atoms with van der Waals surface area (Å²) in [5.74, 6) is 0.990. The van der Waals surface area contributed by atoms with Gasteiger partial charge in [-0.05, 0) is 45.8 Å². The van der Waals surface area contributed by atoms with Crippen molar-refractivity contribution in [3.05, 3.63) is 57.0 Å². The average molecular weight is 339 g/mol. The van der Waals surface area contributed by atoms with E-state index in [1.807, 2.05) is 36.4 Å². The summed E-state index contributed by atoms with van der Waals surface area (Å²) >= 11 is 9.68. The van der Waals surface area contributed by atoms with Gasteiger partial charge in [-0.3, -0.25) is 0 Å². The minimum absolute atomic E-state index is 0.700. The lowest BCUT2D eigenvalue weighted by Crippen LogP contribution is -2.02. The van der Waals surface area contributed by atoms with E-state index in [1.165, 1.54) is 5.56 Å². The van der Waals surface area contributed by atoms with Crippen molar-refractivity contribution in [2.24, 2.45) is 0 Å². The van der Waals surface area contributed by atoms with Crippen LogP contribution in [0.3, 0.4) is 0 Å². The highest BCUT2D eigenvalue weighted by atomic mass is 79.9. The Balaban J connectivity index is 1.83. The van der Waals surface area contributed by atoms with Crippen molar-refractivity contribution in [1.82, 2.24) is 0 Å². The van der Waals surface area contributed by atoms with Crippen molar-refractivity contribution in [2.45, 2.75) is 13.0 Å². The molecule has 2 nitrogen and oxygen atoms in total. The molecule has 0 aromatic heterocycles. The fourth-order valence-corrected chi connectivity index (χ4v) is 2.96. The van der Waals surface area contributed by atoms with Gasteiger partial charge in [0.05, 0.1) is 6.61 Å². The van der Waals surface area contributed by atoms with Crippen molar-refractivity contribution in [1.29, 1.82) is 0 Å². The Morgan fingerprint density at radius 3 is 2.95 bits per heavy atom. The number of para-hydroxylation sites is 1. The number of ether oxygens (including phenoxy) is 1. The molecule has 4 heteroatoms. The summed E-state index contributed by atoms with van der Waals surface area (Å²) in [5.41, 5.74) is 3.38. The molecular weight excluding hydrogens is 326 g/mol.